The summed E-state index contributed by atoms with van der Waals surface area (Å²) in [5.41, 5.74) is 9.12. The SMILES string of the molecule is c1ccc2c(-c3c4ccccc4c(-c4ccc(-c5cccc6c5oc5ccccc56)cc4)c4c3ccc3ccccc34)cccc2c1. The van der Waals surface area contributed by atoms with Gasteiger partial charge >= 0.3 is 0 Å². The van der Waals surface area contributed by atoms with Gasteiger partial charge in [0, 0.05) is 16.3 Å². The number of hydrogen-bond acceptors (Lipinski definition) is 1. The highest BCUT2D eigenvalue weighted by molar-refractivity contribution is 6.29. The van der Waals surface area contributed by atoms with E-state index in [0.717, 1.165) is 33.1 Å². The van der Waals surface area contributed by atoms with E-state index in [1.54, 1.807) is 0 Å². The number of rotatable bonds is 3. The van der Waals surface area contributed by atoms with Crippen LogP contribution in [0.15, 0.2) is 174 Å². The van der Waals surface area contributed by atoms with E-state index in [-0.39, 0.29) is 0 Å². The molecule has 1 nitrogen and oxygen atoms in total. The smallest absolute Gasteiger partial charge is 0.143 e. The van der Waals surface area contributed by atoms with Crippen LogP contribution in [0.25, 0.3) is 98.4 Å². The van der Waals surface area contributed by atoms with Crippen molar-refractivity contribution in [2.45, 2.75) is 0 Å². The van der Waals surface area contributed by atoms with Gasteiger partial charge in [-0.1, -0.05) is 164 Å². The molecule has 0 aliphatic carbocycles. The fraction of sp³-hybridized carbons (Fsp3) is 0. The summed E-state index contributed by atoms with van der Waals surface area (Å²) in [6.07, 6.45) is 0. The Morgan fingerprint density at radius 3 is 1.66 bits per heavy atom. The highest BCUT2D eigenvalue weighted by Gasteiger charge is 2.20. The third kappa shape index (κ3) is 3.90. The monoisotopic (exact) mass is 596 g/mol. The van der Waals surface area contributed by atoms with Crippen LogP contribution in [-0.4, -0.2) is 0 Å². The number of para-hydroxylation sites is 2. The lowest BCUT2D eigenvalue weighted by molar-refractivity contribution is 0.670. The van der Waals surface area contributed by atoms with Crippen molar-refractivity contribution >= 4 is 65.0 Å². The Kier molecular flexibility index (Phi) is 5.64. The molecular formula is C46H28O. The second kappa shape index (κ2) is 10.2. The molecule has 0 aliphatic rings. The molecule has 0 saturated heterocycles. The Hall–Kier alpha value is -6.18. The zero-order valence-electron chi connectivity index (χ0n) is 25.6. The molecule has 0 saturated carbocycles. The van der Waals surface area contributed by atoms with Crippen molar-refractivity contribution < 1.29 is 4.42 Å². The standard InChI is InChI=1S/C46H28O/c1-3-14-33-29(11-1)13-9-20-37(33)44-39-18-6-5-17-38(39)43(45-34-15-4-2-12-30(34)27-28-41(44)45)32-25-23-31(24-26-32)35-19-10-21-40-36-16-7-8-22-42(36)47-46(35)40/h1-28H. The second-order valence-electron chi connectivity index (χ2n) is 12.4. The Morgan fingerprint density at radius 2 is 0.851 bits per heavy atom. The van der Waals surface area contributed by atoms with Gasteiger partial charge < -0.3 is 4.42 Å². The molecule has 1 heterocycles. The highest BCUT2D eigenvalue weighted by atomic mass is 16.3. The lowest BCUT2D eigenvalue weighted by Crippen LogP contribution is -1.93. The highest BCUT2D eigenvalue weighted by Crippen LogP contribution is 2.47. The van der Waals surface area contributed by atoms with Gasteiger partial charge in [0.05, 0.1) is 0 Å². The van der Waals surface area contributed by atoms with Crippen molar-refractivity contribution in [2.75, 3.05) is 0 Å². The van der Waals surface area contributed by atoms with Crippen LogP contribution in [0.1, 0.15) is 0 Å². The first-order chi connectivity index (χ1) is 23.3. The van der Waals surface area contributed by atoms with Crippen LogP contribution in [0.5, 0.6) is 0 Å². The minimum atomic E-state index is 0.919. The summed E-state index contributed by atoms with van der Waals surface area (Å²) in [7, 11) is 0. The molecule has 0 unspecified atom stereocenters. The fourth-order valence-corrected chi connectivity index (χ4v) is 7.77. The minimum Gasteiger partial charge on any atom is -0.455 e. The molecular weight excluding hydrogens is 569 g/mol. The zero-order chi connectivity index (χ0) is 30.9. The van der Waals surface area contributed by atoms with Gasteiger partial charge in [0.1, 0.15) is 11.2 Å². The average molecular weight is 597 g/mol. The Balaban J connectivity index is 1.27. The largest absolute Gasteiger partial charge is 0.455 e. The molecule has 0 bridgehead atoms. The summed E-state index contributed by atoms with van der Waals surface area (Å²) in [5.74, 6) is 0. The number of benzene rings is 9. The molecule has 0 amide bonds. The molecule has 0 spiro atoms. The molecule has 10 aromatic rings. The van der Waals surface area contributed by atoms with E-state index in [1.165, 1.54) is 65.3 Å². The summed E-state index contributed by atoms with van der Waals surface area (Å²) in [4.78, 5) is 0. The summed E-state index contributed by atoms with van der Waals surface area (Å²) >= 11 is 0. The van der Waals surface area contributed by atoms with Crippen LogP contribution >= 0.6 is 0 Å². The fourth-order valence-electron chi connectivity index (χ4n) is 7.77. The second-order valence-corrected chi connectivity index (χ2v) is 12.4. The molecule has 0 N–H and O–H groups in total. The lowest BCUT2D eigenvalue weighted by Gasteiger charge is -2.20. The van der Waals surface area contributed by atoms with Gasteiger partial charge in [-0.15, -0.1) is 0 Å². The van der Waals surface area contributed by atoms with Crippen molar-refractivity contribution in [1.82, 2.24) is 0 Å². The van der Waals surface area contributed by atoms with Crippen LogP contribution in [0.2, 0.25) is 0 Å². The van der Waals surface area contributed by atoms with E-state index in [2.05, 4.69) is 158 Å². The lowest BCUT2D eigenvalue weighted by atomic mass is 9.83. The maximum Gasteiger partial charge on any atom is 0.143 e. The van der Waals surface area contributed by atoms with Gasteiger partial charge in [0.2, 0.25) is 0 Å². The van der Waals surface area contributed by atoms with Gasteiger partial charge in [-0.25, -0.2) is 0 Å². The van der Waals surface area contributed by atoms with Crippen LogP contribution in [0.3, 0.4) is 0 Å². The number of furan rings is 1. The predicted molar refractivity (Wildman–Crippen MR) is 200 cm³/mol. The first-order valence-corrected chi connectivity index (χ1v) is 16.2. The van der Waals surface area contributed by atoms with Crippen molar-refractivity contribution in [3.8, 4) is 33.4 Å². The zero-order valence-corrected chi connectivity index (χ0v) is 25.6. The van der Waals surface area contributed by atoms with Crippen LogP contribution in [-0.2, 0) is 0 Å². The van der Waals surface area contributed by atoms with E-state index in [9.17, 15) is 0 Å². The van der Waals surface area contributed by atoms with E-state index in [1.807, 2.05) is 12.1 Å². The summed E-state index contributed by atoms with van der Waals surface area (Å²) in [6, 6.07) is 61.6. The van der Waals surface area contributed by atoms with Crippen molar-refractivity contribution in [3.05, 3.63) is 170 Å². The topological polar surface area (TPSA) is 13.1 Å². The first kappa shape index (κ1) is 26.1. The third-order valence-electron chi connectivity index (χ3n) is 9.86. The van der Waals surface area contributed by atoms with Gasteiger partial charge in [-0.2, -0.15) is 0 Å². The Morgan fingerprint density at radius 1 is 0.298 bits per heavy atom. The van der Waals surface area contributed by atoms with Crippen molar-refractivity contribution in [2.24, 2.45) is 0 Å². The van der Waals surface area contributed by atoms with Crippen LogP contribution < -0.4 is 0 Å². The van der Waals surface area contributed by atoms with E-state index >= 15 is 0 Å². The Labute approximate surface area is 271 Å². The van der Waals surface area contributed by atoms with E-state index < -0.39 is 0 Å². The summed E-state index contributed by atoms with van der Waals surface area (Å²) in [6.45, 7) is 0. The maximum atomic E-state index is 6.40. The molecule has 0 radical (unpaired) electrons. The molecule has 1 heteroatoms. The van der Waals surface area contributed by atoms with Crippen LogP contribution in [0, 0.1) is 0 Å². The quantitative estimate of drug-likeness (QED) is 0.146. The van der Waals surface area contributed by atoms with Gasteiger partial charge in [-0.3, -0.25) is 0 Å². The van der Waals surface area contributed by atoms with E-state index in [0.29, 0.717) is 0 Å². The van der Waals surface area contributed by atoms with Gasteiger partial charge in [0.15, 0.2) is 0 Å². The molecule has 0 fully saturated rings. The molecule has 0 aliphatic heterocycles. The van der Waals surface area contributed by atoms with Crippen molar-refractivity contribution in [3.63, 3.8) is 0 Å². The molecule has 1 aromatic heterocycles. The predicted octanol–water partition coefficient (Wildman–Crippen LogP) is 13.2. The average Bonchev–Trinajstić information content (AvgIpc) is 3.53. The Bertz CT molecular complexity index is 2830. The summed E-state index contributed by atoms with van der Waals surface area (Å²) in [5, 5.41) is 12.4. The first-order valence-electron chi connectivity index (χ1n) is 16.2. The third-order valence-corrected chi connectivity index (χ3v) is 9.86. The van der Waals surface area contributed by atoms with E-state index in [4.69, 9.17) is 4.42 Å². The molecule has 0 atom stereocenters. The maximum absolute atomic E-state index is 6.40. The molecule has 9 aromatic carbocycles. The number of fused-ring (bicyclic) bond motifs is 8. The van der Waals surface area contributed by atoms with Gasteiger partial charge in [-0.05, 0) is 77.0 Å². The van der Waals surface area contributed by atoms with Crippen molar-refractivity contribution in [1.29, 1.82) is 0 Å². The molecule has 218 valence electrons. The normalized spacial score (nSPS) is 11.8. The number of hydrogen-bond donors (Lipinski definition) is 0. The summed E-state index contributed by atoms with van der Waals surface area (Å²) < 4.78 is 6.40. The minimum absolute atomic E-state index is 0.919. The molecule has 10 rings (SSSR count). The molecule has 47 heavy (non-hydrogen) atoms. The van der Waals surface area contributed by atoms with Gasteiger partial charge in [0.25, 0.3) is 0 Å². The van der Waals surface area contributed by atoms with Crippen LogP contribution in [0.4, 0.5) is 0 Å².